The Labute approximate surface area is 125 Å². The molecule has 0 radical (unpaired) electrons. The molecule has 2 aliphatic rings. The molecule has 0 atom stereocenters. The smallest absolute Gasteiger partial charge is 0.236 e. The molecule has 1 saturated heterocycles. The molecule has 0 aliphatic carbocycles. The number of rotatable bonds is 4. The molecular formula is C16H22N2O3. The van der Waals surface area contributed by atoms with Gasteiger partial charge in [-0.05, 0) is 37.0 Å². The van der Waals surface area contributed by atoms with Gasteiger partial charge >= 0.3 is 0 Å². The zero-order valence-corrected chi connectivity index (χ0v) is 12.3. The highest BCUT2D eigenvalue weighted by atomic mass is 16.6. The number of carbonyl (C=O) groups is 1. The van der Waals surface area contributed by atoms with Crippen LogP contribution in [0, 0.1) is 0 Å². The maximum Gasteiger partial charge on any atom is 0.236 e. The van der Waals surface area contributed by atoms with Crippen LogP contribution in [0.2, 0.25) is 0 Å². The van der Waals surface area contributed by atoms with Crippen LogP contribution >= 0.6 is 0 Å². The summed E-state index contributed by atoms with van der Waals surface area (Å²) in [4.78, 5) is 14.0. The van der Waals surface area contributed by atoms with Crippen LogP contribution in [-0.2, 0) is 11.3 Å². The number of carbonyl (C=O) groups excluding carboxylic acids is 1. The van der Waals surface area contributed by atoms with Gasteiger partial charge in [-0.3, -0.25) is 4.79 Å². The third-order valence-electron chi connectivity index (χ3n) is 3.92. The number of nitrogens with one attached hydrogen (secondary N) is 1. The molecule has 21 heavy (non-hydrogen) atoms. The lowest BCUT2D eigenvalue weighted by Crippen LogP contribution is -2.40. The Balaban J connectivity index is 1.47. The van der Waals surface area contributed by atoms with Gasteiger partial charge in [-0.2, -0.15) is 0 Å². The zero-order chi connectivity index (χ0) is 14.5. The first kappa shape index (κ1) is 14.2. The van der Waals surface area contributed by atoms with Crippen LogP contribution in [0.25, 0.3) is 0 Å². The zero-order valence-electron chi connectivity index (χ0n) is 12.3. The molecule has 5 nitrogen and oxygen atoms in total. The maximum atomic E-state index is 12.0. The normalized spacial score (nSPS) is 17.6. The van der Waals surface area contributed by atoms with Gasteiger partial charge in [0.15, 0.2) is 11.5 Å². The number of nitrogens with zero attached hydrogens (tertiary/aromatic N) is 1. The summed E-state index contributed by atoms with van der Waals surface area (Å²) >= 11 is 0. The lowest BCUT2D eigenvalue weighted by atomic mass is 10.1. The minimum absolute atomic E-state index is 0.201. The number of hydrogen-bond donors (Lipinski definition) is 1. The number of fused-ring (bicyclic) bond motifs is 1. The Hall–Kier alpha value is -1.75. The van der Waals surface area contributed by atoms with E-state index in [-0.39, 0.29) is 5.91 Å². The van der Waals surface area contributed by atoms with E-state index < -0.39 is 0 Å². The van der Waals surface area contributed by atoms with Crippen LogP contribution in [0.5, 0.6) is 11.5 Å². The molecule has 3 rings (SSSR count). The molecule has 0 spiro atoms. The first-order valence-corrected chi connectivity index (χ1v) is 7.70. The van der Waals surface area contributed by atoms with E-state index in [2.05, 4.69) is 5.32 Å². The molecule has 5 heteroatoms. The second-order valence-electron chi connectivity index (χ2n) is 5.52. The maximum absolute atomic E-state index is 12.0. The molecule has 1 aromatic carbocycles. The molecule has 1 N–H and O–H groups in total. The van der Waals surface area contributed by atoms with Gasteiger partial charge in [-0.1, -0.05) is 6.07 Å². The van der Waals surface area contributed by atoms with Crippen molar-refractivity contribution >= 4 is 5.91 Å². The highest BCUT2D eigenvalue weighted by molar-refractivity contribution is 5.78. The molecule has 1 fully saturated rings. The van der Waals surface area contributed by atoms with E-state index in [1.54, 1.807) is 0 Å². The summed E-state index contributed by atoms with van der Waals surface area (Å²) in [6, 6.07) is 5.91. The van der Waals surface area contributed by atoms with Crippen molar-refractivity contribution in [2.45, 2.75) is 25.8 Å². The first-order valence-electron chi connectivity index (χ1n) is 7.70. The van der Waals surface area contributed by atoms with E-state index in [9.17, 15) is 4.79 Å². The van der Waals surface area contributed by atoms with Crippen molar-refractivity contribution in [2.75, 3.05) is 32.8 Å². The molecule has 0 bridgehead atoms. The van der Waals surface area contributed by atoms with Crippen LogP contribution in [-0.4, -0.2) is 43.7 Å². The summed E-state index contributed by atoms with van der Waals surface area (Å²) in [5.41, 5.74) is 1.10. The fraction of sp³-hybridized carbons (Fsp3) is 0.562. The summed E-state index contributed by atoms with van der Waals surface area (Å²) in [6.45, 7) is 4.08. The monoisotopic (exact) mass is 290 g/mol. The van der Waals surface area contributed by atoms with Crippen LogP contribution in [0.4, 0.5) is 0 Å². The molecule has 0 aromatic heterocycles. The Morgan fingerprint density at radius 1 is 1.10 bits per heavy atom. The molecule has 1 aromatic rings. The molecule has 1 amide bonds. The van der Waals surface area contributed by atoms with Gasteiger partial charge in [0.1, 0.15) is 13.2 Å². The average molecular weight is 290 g/mol. The van der Waals surface area contributed by atoms with Gasteiger partial charge in [-0.15, -0.1) is 0 Å². The van der Waals surface area contributed by atoms with Crippen LogP contribution in [0.15, 0.2) is 18.2 Å². The van der Waals surface area contributed by atoms with Gasteiger partial charge in [-0.25, -0.2) is 0 Å². The number of amides is 1. The summed E-state index contributed by atoms with van der Waals surface area (Å²) in [5, 5.41) is 3.22. The van der Waals surface area contributed by atoms with E-state index in [0.29, 0.717) is 26.3 Å². The Bertz CT molecular complexity index is 498. The fourth-order valence-corrected chi connectivity index (χ4v) is 2.77. The molecule has 114 valence electrons. The van der Waals surface area contributed by atoms with Crippen molar-refractivity contribution in [1.82, 2.24) is 10.2 Å². The van der Waals surface area contributed by atoms with E-state index in [4.69, 9.17) is 9.47 Å². The van der Waals surface area contributed by atoms with Crippen LogP contribution in [0.1, 0.15) is 24.8 Å². The van der Waals surface area contributed by atoms with Crippen molar-refractivity contribution in [3.63, 3.8) is 0 Å². The lowest BCUT2D eigenvalue weighted by Gasteiger charge is -2.26. The van der Waals surface area contributed by atoms with Crippen LogP contribution in [0.3, 0.4) is 0 Å². The standard InChI is InChI=1S/C16H22N2O3/c19-16(18-6-2-1-3-7-18)12-17-11-13-4-5-14-15(10-13)21-9-8-20-14/h4-5,10,17H,1-3,6-9,11-12H2. The predicted octanol–water partition coefficient (Wildman–Crippen LogP) is 1.56. The second kappa shape index (κ2) is 6.80. The molecule has 0 saturated carbocycles. The van der Waals surface area contributed by atoms with Crippen molar-refractivity contribution in [3.05, 3.63) is 23.8 Å². The third kappa shape index (κ3) is 3.67. The summed E-state index contributed by atoms with van der Waals surface area (Å²) < 4.78 is 11.1. The van der Waals surface area contributed by atoms with E-state index in [1.165, 1.54) is 6.42 Å². The predicted molar refractivity (Wildman–Crippen MR) is 79.6 cm³/mol. The lowest BCUT2D eigenvalue weighted by molar-refractivity contribution is -0.131. The average Bonchev–Trinajstić information content (AvgIpc) is 2.55. The highest BCUT2D eigenvalue weighted by Crippen LogP contribution is 2.30. The quantitative estimate of drug-likeness (QED) is 0.914. The van der Waals surface area contributed by atoms with Crippen molar-refractivity contribution in [2.24, 2.45) is 0 Å². The SMILES string of the molecule is O=C(CNCc1ccc2c(c1)OCCO2)N1CCCCC1. The minimum atomic E-state index is 0.201. The van der Waals surface area contributed by atoms with Gasteiger partial charge < -0.3 is 19.7 Å². The highest BCUT2D eigenvalue weighted by Gasteiger charge is 2.16. The number of ether oxygens (including phenoxy) is 2. The number of hydrogen-bond acceptors (Lipinski definition) is 4. The Morgan fingerprint density at radius 3 is 2.67 bits per heavy atom. The van der Waals surface area contributed by atoms with Gasteiger partial charge in [0.25, 0.3) is 0 Å². The van der Waals surface area contributed by atoms with Gasteiger partial charge in [0.05, 0.1) is 6.54 Å². The molecule has 0 unspecified atom stereocenters. The van der Waals surface area contributed by atoms with Gasteiger partial charge in [0.2, 0.25) is 5.91 Å². The molecule has 2 aliphatic heterocycles. The molecular weight excluding hydrogens is 268 g/mol. The first-order chi connectivity index (χ1) is 10.3. The van der Waals surface area contributed by atoms with E-state index in [1.807, 2.05) is 23.1 Å². The van der Waals surface area contributed by atoms with Crippen molar-refractivity contribution in [1.29, 1.82) is 0 Å². The number of piperidine rings is 1. The van der Waals surface area contributed by atoms with Crippen molar-refractivity contribution < 1.29 is 14.3 Å². The summed E-state index contributed by atoms with van der Waals surface area (Å²) in [5.74, 6) is 1.80. The second-order valence-corrected chi connectivity index (χ2v) is 5.52. The largest absolute Gasteiger partial charge is 0.486 e. The van der Waals surface area contributed by atoms with E-state index in [0.717, 1.165) is 43.0 Å². The topological polar surface area (TPSA) is 50.8 Å². The minimum Gasteiger partial charge on any atom is -0.486 e. The van der Waals surface area contributed by atoms with Gasteiger partial charge in [0, 0.05) is 19.6 Å². The fourth-order valence-electron chi connectivity index (χ4n) is 2.77. The number of benzene rings is 1. The number of likely N-dealkylation sites (tertiary alicyclic amines) is 1. The summed E-state index contributed by atoms with van der Waals surface area (Å²) in [6.07, 6.45) is 3.51. The Kier molecular flexibility index (Phi) is 4.60. The van der Waals surface area contributed by atoms with Crippen LogP contribution < -0.4 is 14.8 Å². The summed E-state index contributed by atoms with van der Waals surface area (Å²) in [7, 11) is 0. The third-order valence-corrected chi connectivity index (χ3v) is 3.92. The Morgan fingerprint density at radius 2 is 1.86 bits per heavy atom. The van der Waals surface area contributed by atoms with Crippen molar-refractivity contribution in [3.8, 4) is 11.5 Å². The van der Waals surface area contributed by atoms with E-state index >= 15 is 0 Å². The molecule has 2 heterocycles.